The Labute approximate surface area is 187 Å². The van der Waals surface area contributed by atoms with Gasteiger partial charge in [0.25, 0.3) is 5.91 Å². The Balaban J connectivity index is 1.75. The number of amides is 1. The summed E-state index contributed by atoms with van der Waals surface area (Å²) in [6.07, 6.45) is 4.62. The van der Waals surface area contributed by atoms with Crippen molar-refractivity contribution < 1.29 is 4.79 Å². The lowest BCUT2D eigenvalue weighted by molar-refractivity contribution is 0.102. The number of para-hydroxylation sites is 1. The molecule has 0 saturated heterocycles. The first-order valence-corrected chi connectivity index (χ1v) is 11.6. The molecule has 1 N–H and O–H groups in total. The first-order valence-electron chi connectivity index (χ1n) is 9.45. The van der Waals surface area contributed by atoms with Crippen LogP contribution >= 0.6 is 33.9 Å². The van der Waals surface area contributed by atoms with Crippen molar-refractivity contribution >= 4 is 68.0 Å². The van der Waals surface area contributed by atoms with Crippen molar-refractivity contribution in [1.82, 2.24) is 9.40 Å². The number of halogens is 2. The SMILES string of the molecule is CCc1cnc2c(NC(=O)c3c(Cl)cccc3Cl)cccc2c1CS1=CC=NN1C. The van der Waals surface area contributed by atoms with Gasteiger partial charge < -0.3 is 5.32 Å². The highest BCUT2D eigenvalue weighted by molar-refractivity contribution is 8.13. The Bertz CT molecular complexity index is 1190. The minimum absolute atomic E-state index is 0.108. The molecule has 1 unspecified atom stereocenters. The predicted molar refractivity (Wildman–Crippen MR) is 129 cm³/mol. The smallest absolute Gasteiger partial charge is 0.258 e. The van der Waals surface area contributed by atoms with E-state index in [9.17, 15) is 4.79 Å². The maximum absolute atomic E-state index is 12.9. The highest BCUT2D eigenvalue weighted by atomic mass is 35.5. The number of aryl methyl sites for hydroxylation is 1. The molecule has 30 heavy (non-hydrogen) atoms. The number of rotatable bonds is 5. The summed E-state index contributed by atoms with van der Waals surface area (Å²) in [5.74, 6) is 0.479. The van der Waals surface area contributed by atoms with Crippen molar-refractivity contribution in [2.24, 2.45) is 5.10 Å². The lowest BCUT2D eigenvalue weighted by Crippen LogP contribution is -2.14. The molecule has 0 aliphatic carbocycles. The van der Waals surface area contributed by atoms with Crippen LogP contribution in [0.1, 0.15) is 28.4 Å². The summed E-state index contributed by atoms with van der Waals surface area (Å²) in [6, 6.07) is 10.8. The van der Waals surface area contributed by atoms with Crippen molar-refractivity contribution in [3.8, 4) is 0 Å². The molecule has 0 radical (unpaired) electrons. The summed E-state index contributed by atoms with van der Waals surface area (Å²) in [7, 11) is 1.88. The van der Waals surface area contributed by atoms with Crippen LogP contribution in [0.15, 0.2) is 47.7 Å². The molecule has 0 spiro atoms. The van der Waals surface area contributed by atoms with Crippen LogP contribution in [0, 0.1) is 0 Å². The fraction of sp³-hybridized carbons (Fsp3) is 0.182. The normalized spacial score (nSPS) is 15.5. The molecule has 5 nitrogen and oxygen atoms in total. The number of fused-ring (bicyclic) bond motifs is 1. The third-order valence-electron chi connectivity index (χ3n) is 5.00. The fourth-order valence-electron chi connectivity index (χ4n) is 3.42. The molecule has 0 bridgehead atoms. The van der Waals surface area contributed by atoms with Gasteiger partial charge in [-0.25, -0.2) is 4.41 Å². The number of anilines is 1. The Kier molecular flexibility index (Phi) is 6.09. The molecular formula is C22H20Cl2N4OS. The van der Waals surface area contributed by atoms with E-state index >= 15 is 0 Å². The van der Waals surface area contributed by atoms with Crippen LogP contribution in [0.3, 0.4) is 0 Å². The summed E-state index contributed by atoms with van der Waals surface area (Å²) < 4.78 is 1.98. The molecule has 2 heterocycles. The zero-order valence-electron chi connectivity index (χ0n) is 16.5. The van der Waals surface area contributed by atoms with Gasteiger partial charge in [-0.3, -0.25) is 9.78 Å². The number of carbonyl (C=O) groups excluding carboxylic acids is 1. The van der Waals surface area contributed by atoms with Crippen molar-refractivity contribution in [2.45, 2.75) is 19.1 Å². The second-order valence-electron chi connectivity index (χ2n) is 6.78. The lowest BCUT2D eigenvalue weighted by Gasteiger charge is -2.18. The summed E-state index contributed by atoms with van der Waals surface area (Å²) in [4.78, 5) is 17.6. The summed E-state index contributed by atoms with van der Waals surface area (Å²) in [6.45, 7) is 2.12. The molecule has 3 aromatic rings. The number of hydrogen-bond acceptors (Lipinski definition) is 4. The third kappa shape index (κ3) is 3.95. The quantitative estimate of drug-likeness (QED) is 0.493. The van der Waals surface area contributed by atoms with E-state index in [0.717, 1.165) is 23.1 Å². The van der Waals surface area contributed by atoms with Gasteiger partial charge in [-0.05, 0) is 35.7 Å². The van der Waals surface area contributed by atoms with Crippen LogP contribution in [0.4, 0.5) is 5.69 Å². The van der Waals surface area contributed by atoms with Gasteiger partial charge in [-0.2, -0.15) is 5.10 Å². The van der Waals surface area contributed by atoms with Gasteiger partial charge in [0.1, 0.15) is 0 Å². The number of hydrogen-bond donors (Lipinski definition) is 1. The highest BCUT2D eigenvalue weighted by Crippen LogP contribution is 2.34. The van der Waals surface area contributed by atoms with E-state index in [1.807, 2.05) is 36.0 Å². The van der Waals surface area contributed by atoms with Gasteiger partial charge in [-0.15, -0.1) is 0 Å². The number of aromatic nitrogens is 1. The number of nitrogens with zero attached hydrogens (tertiary/aromatic N) is 3. The van der Waals surface area contributed by atoms with E-state index in [4.69, 9.17) is 23.2 Å². The molecule has 1 amide bonds. The molecule has 8 heteroatoms. The van der Waals surface area contributed by atoms with Crippen LogP contribution in [-0.2, 0) is 12.2 Å². The molecule has 4 rings (SSSR count). The molecular weight excluding hydrogens is 439 g/mol. The standard InChI is InChI=1S/C22H20Cl2N4OS/c1-3-14-12-25-21-15(16(14)13-30-11-10-26-28(30)2)6-4-9-19(21)27-22(29)20-17(23)7-5-8-18(20)24/h4-12H,3,13H2,1-2H3,(H,27,29). The first kappa shape index (κ1) is 20.8. The maximum Gasteiger partial charge on any atom is 0.258 e. The second-order valence-corrected chi connectivity index (χ2v) is 9.48. The monoisotopic (exact) mass is 458 g/mol. The highest BCUT2D eigenvalue weighted by Gasteiger charge is 2.18. The molecule has 1 aromatic heterocycles. The average Bonchev–Trinajstić information content (AvgIpc) is 3.13. The summed E-state index contributed by atoms with van der Waals surface area (Å²) >= 11 is 12.4. The van der Waals surface area contributed by atoms with Crippen LogP contribution in [0.25, 0.3) is 10.9 Å². The van der Waals surface area contributed by atoms with Crippen molar-refractivity contribution in [2.75, 3.05) is 12.4 Å². The van der Waals surface area contributed by atoms with E-state index in [0.29, 0.717) is 15.7 Å². The van der Waals surface area contributed by atoms with Crippen LogP contribution in [-0.4, -0.2) is 33.9 Å². The lowest BCUT2D eigenvalue weighted by atomic mass is 10.0. The molecule has 1 aliphatic rings. The summed E-state index contributed by atoms with van der Waals surface area (Å²) in [5.41, 5.74) is 4.05. The van der Waals surface area contributed by atoms with Crippen LogP contribution in [0.2, 0.25) is 10.0 Å². The van der Waals surface area contributed by atoms with E-state index in [1.54, 1.807) is 18.2 Å². The maximum atomic E-state index is 12.9. The van der Waals surface area contributed by atoms with Crippen molar-refractivity contribution in [3.05, 3.63) is 69.3 Å². The number of carbonyl (C=O) groups is 1. The predicted octanol–water partition coefficient (Wildman–Crippen LogP) is 5.77. The first-order chi connectivity index (χ1) is 14.5. The van der Waals surface area contributed by atoms with E-state index in [-0.39, 0.29) is 22.1 Å². The zero-order chi connectivity index (χ0) is 21.3. The molecule has 2 aromatic carbocycles. The number of nitrogens with one attached hydrogen (secondary N) is 1. The van der Waals surface area contributed by atoms with Gasteiger partial charge in [-0.1, -0.05) is 59.0 Å². The third-order valence-corrected chi connectivity index (χ3v) is 7.42. The molecule has 1 aliphatic heterocycles. The van der Waals surface area contributed by atoms with E-state index in [1.165, 1.54) is 11.1 Å². The van der Waals surface area contributed by atoms with Gasteiger partial charge in [0.2, 0.25) is 0 Å². The number of pyridine rings is 1. The number of hydrazone groups is 1. The molecule has 1 atom stereocenters. The van der Waals surface area contributed by atoms with Crippen molar-refractivity contribution in [1.29, 1.82) is 0 Å². The molecule has 0 fully saturated rings. The van der Waals surface area contributed by atoms with Crippen LogP contribution in [0.5, 0.6) is 0 Å². The Morgan fingerprint density at radius 3 is 2.57 bits per heavy atom. The Morgan fingerprint density at radius 1 is 1.17 bits per heavy atom. The van der Waals surface area contributed by atoms with Gasteiger partial charge in [0.05, 0.1) is 33.0 Å². The average molecular weight is 459 g/mol. The second kappa shape index (κ2) is 8.76. The van der Waals surface area contributed by atoms with Gasteiger partial charge >= 0.3 is 0 Å². The summed E-state index contributed by atoms with van der Waals surface area (Å²) in [5, 5.41) is 11.0. The number of benzene rings is 2. The van der Waals surface area contributed by atoms with Crippen molar-refractivity contribution in [3.63, 3.8) is 0 Å². The minimum atomic E-state index is -0.361. The van der Waals surface area contributed by atoms with E-state index in [2.05, 4.69) is 33.8 Å². The fourth-order valence-corrected chi connectivity index (χ4v) is 5.46. The molecule has 154 valence electrons. The zero-order valence-corrected chi connectivity index (χ0v) is 18.9. The van der Waals surface area contributed by atoms with Gasteiger partial charge in [0.15, 0.2) is 0 Å². The van der Waals surface area contributed by atoms with Crippen LogP contribution < -0.4 is 5.32 Å². The molecule has 0 saturated carbocycles. The van der Waals surface area contributed by atoms with E-state index < -0.39 is 0 Å². The minimum Gasteiger partial charge on any atom is -0.320 e. The Morgan fingerprint density at radius 2 is 1.90 bits per heavy atom. The topological polar surface area (TPSA) is 57.6 Å². The Hall–Kier alpha value is -2.41. The van der Waals surface area contributed by atoms with Gasteiger partial charge in [0, 0.05) is 29.8 Å². The largest absolute Gasteiger partial charge is 0.320 e.